The molecule has 0 aromatic carbocycles. The number of ether oxygens (including phenoxy) is 1. The highest BCUT2D eigenvalue weighted by atomic mass is 16.5. The molecule has 52 valence electrons. The van der Waals surface area contributed by atoms with Gasteiger partial charge in [0.05, 0.1) is 13.2 Å². The second kappa shape index (κ2) is 1.70. The molecule has 0 bridgehead atoms. The van der Waals surface area contributed by atoms with E-state index in [0.717, 1.165) is 25.7 Å². The van der Waals surface area contributed by atoms with Crippen molar-refractivity contribution < 1.29 is 4.74 Å². The Bertz CT molecular complexity index is 126. The van der Waals surface area contributed by atoms with E-state index in [4.69, 9.17) is 4.74 Å². The lowest BCUT2D eigenvalue weighted by Crippen LogP contribution is -2.22. The van der Waals surface area contributed by atoms with Crippen LogP contribution >= 0.6 is 0 Å². The Labute approximate surface area is 55.6 Å². The molecular formula is C7H13NO. The summed E-state index contributed by atoms with van der Waals surface area (Å²) in [6, 6.07) is 0. The van der Waals surface area contributed by atoms with E-state index in [1.54, 1.807) is 0 Å². The number of hydrogen-bond donors (Lipinski definition) is 1. The maximum absolute atomic E-state index is 5.32. The van der Waals surface area contributed by atoms with E-state index in [0.29, 0.717) is 5.41 Å². The number of rotatable bonds is 2. The quantitative estimate of drug-likeness (QED) is 0.574. The van der Waals surface area contributed by atoms with Gasteiger partial charge in [0.15, 0.2) is 0 Å². The number of fused-ring (bicyclic) bond motifs is 1. The molecule has 1 saturated carbocycles. The first-order valence-corrected chi connectivity index (χ1v) is 3.60. The van der Waals surface area contributed by atoms with Crippen LogP contribution in [-0.2, 0) is 4.74 Å². The highest BCUT2D eigenvalue weighted by Gasteiger charge is 2.57. The molecule has 1 aliphatic carbocycles. The van der Waals surface area contributed by atoms with Gasteiger partial charge < -0.3 is 10.1 Å². The Morgan fingerprint density at radius 1 is 1.78 bits per heavy atom. The summed E-state index contributed by atoms with van der Waals surface area (Å²) in [5.41, 5.74) is 0.578. The van der Waals surface area contributed by atoms with Crippen LogP contribution in [0.25, 0.3) is 0 Å². The van der Waals surface area contributed by atoms with Gasteiger partial charge in [0, 0.05) is 12.0 Å². The van der Waals surface area contributed by atoms with Gasteiger partial charge in [-0.25, -0.2) is 0 Å². The molecule has 2 nitrogen and oxygen atoms in total. The summed E-state index contributed by atoms with van der Waals surface area (Å²) in [5, 5.41) is 3.21. The molecule has 1 heterocycles. The van der Waals surface area contributed by atoms with Crippen LogP contribution in [0.1, 0.15) is 6.42 Å². The van der Waals surface area contributed by atoms with Crippen molar-refractivity contribution in [2.24, 2.45) is 11.3 Å². The SMILES string of the molecule is CNC[C@]12COC[C@@H]1C2. The van der Waals surface area contributed by atoms with E-state index < -0.39 is 0 Å². The van der Waals surface area contributed by atoms with Gasteiger partial charge in [-0.1, -0.05) is 0 Å². The van der Waals surface area contributed by atoms with Crippen molar-refractivity contribution in [3.05, 3.63) is 0 Å². The summed E-state index contributed by atoms with van der Waals surface area (Å²) in [7, 11) is 2.02. The molecule has 0 aromatic heterocycles. The highest BCUT2D eigenvalue weighted by Crippen LogP contribution is 2.56. The fourth-order valence-corrected chi connectivity index (χ4v) is 1.87. The van der Waals surface area contributed by atoms with E-state index in [-0.39, 0.29) is 0 Å². The van der Waals surface area contributed by atoms with E-state index in [9.17, 15) is 0 Å². The van der Waals surface area contributed by atoms with E-state index in [1.165, 1.54) is 6.42 Å². The molecule has 1 saturated heterocycles. The molecule has 9 heavy (non-hydrogen) atoms. The predicted octanol–water partition coefficient (Wildman–Crippen LogP) is 0.242. The third-order valence-corrected chi connectivity index (χ3v) is 2.60. The van der Waals surface area contributed by atoms with Crippen molar-refractivity contribution in [3.63, 3.8) is 0 Å². The Kier molecular flexibility index (Phi) is 1.08. The number of nitrogens with one attached hydrogen (secondary N) is 1. The van der Waals surface area contributed by atoms with Crippen molar-refractivity contribution in [1.82, 2.24) is 5.32 Å². The fraction of sp³-hybridized carbons (Fsp3) is 1.00. The summed E-state index contributed by atoms with van der Waals surface area (Å²) >= 11 is 0. The standard InChI is InChI=1S/C7H13NO/c1-8-4-7-2-6(7)3-9-5-7/h6,8H,2-5H2,1H3/t6-,7+/m0/s1. The van der Waals surface area contributed by atoms with Crippen molar-refractivity contribution in [2.75, 3.05) is 26.8 Å². The van der Waals surface area contributed by atoms with Gasteiger partial charge in [-0.2, -0.15) is 0 Å². The van der Waals surface area contributed by atoms with Crippen molar-refractivity contribution >= 4 is 0 Å². The zero-order chi connectivity index (χ0) is 6.32. The summed E-state index contributed by atoms with van der Waals surface area (Å²) in [5.74, 6) is 0.893. The first-order chi connectivity index (χ1) is 4.37. The van der Waals surface area contributed by atoms with Gasteiger partial charge >= 0.3 is 0 Å². The summed E-state index contributed by atoms with van der Waals surface area (Å²) < 4.78 is 5.32. The van der Waals surface area contributed by atoms with Crippen molar-refractivity contribution in [3.8, 4) is 0 Å². The van der Waals surface area contributed by atoms with Crippen LogP contribution in [0.2, 0.25) is 0 Å². The van der Waals surface area contributed by atoms with Gasteiger partial charge in [0.2, 0.25) is 0 Å². The summed E-state index contributed by atoms with van der Waals surface area (Å²) in [6.07, 6.45) is 1.40. The largest absolute Gasteiger partial charge is 0.380 e. The van der Waals surface area contributed by atoms with Gasteiger partial charge in [-0.05, 0) is 19.4 Å². The molecular weight excluding hydrogens is 114 g/mol. The highest BCUT2D eigenvalue weighted by molar-refractivity contribution is 5.06. The normalized spacial score (nSPS) is 47.0. The minimum absolute atomic E-state index is 0.578. The van der Waals surface area contributed by atoms with Crippen molar-refractivity contribution in [1.29, 1.82) is 0 Å². The third-order valence-electron chi connectivity index (χ3n) is 2.60. The molecule has 0 unspecified atom stereocenters. The number of hydrogen-bond acceptors (Lipinski definition) is 2. The zero-order valence-electron chi connectivity index (χ0n) is 5.81. The monoisotopic (exact) mass is 127 g/mol. The van der Waals surface area contributed by atoms with Crippen LogP contribution in [0, 0.1) is 11.3 Å². The van der Waals surface area contributed by atoms with Gasteiger partial charge in [-0.15, -0.1) is 0 Å². The van der Waals surface area contributed by atoms with Gasteiger partial charge in [0.25, 0.3) is 0 Å². The molecule has 0 amide bonds. The minimum Gasteiger partial charge on any atom is -0.380 e. The average molecular weight is 127 g/mol. The topological polar surface area (TPSA) is 21.3 Å². The Morgan fingerprint density at radius 3 is 3.11 bits per heavy atom. The lowest BCUT2D eigenvalue weighted by molar-refractivity contribution is 0.146. The first kappa shape index (κ1) is 5.69. The van der Waals surface area contributed by atoms with Crippen LogP contribution in [0.3, 0.4) is 0 Å². The maximum Gasteiger partial charge on any atom is 0.0538 e. The van der Waals surface area contributed by atoms with E-state index in [1.807, 2.05) is 7.05 Å². The molecule has 0 aromatic rings. The molecule has 0 radical (unpaired) electrons. The Hall–Kier alpha value is -0.0800. The summed E-state index contributed by atoms with van der Waals surface area (Å²) in [6.45, 7) is 3.16. The second-order valence-corrected chi connectivity index (χ2v) is 3.31. The van der Waals surface area contributed by atoms with Gasteiger partial charge in [0.1, 0.15) is 0 Å². The average Bonchev–Trinajstić information content (AvgIpc) is 2.37. The molecule has 2 atom stereocenters. The molecule has 1 aliphatic heterocycles. The van der Waals surface area contributed by atoms with Crippen LogP contribution in [0.5, 0.6) is 0 Å². The lowest BCUT2D eigenvalue weighted by atomic mass is 10.1. The van der Waals surface area contributed by atoms with Crippen LogP contribution in [0.4, 0.5) is 0 Å². The first-order valence-electron chi connectivity index (χ1n) is 3.60. The lowest BCUT2D eigenvalue weighted by Gasteiger charge is -2.07. The molecule has 0 spiro atoms. The van der Waals surface area contributed by atoms with Gasteiger partial charge in [-0.3, -0.25) is 0 Å². The van der Waals surface area contributed by atoms with Crippen molar-refractivity contribution in [2.45, 2.75) is 6.42 Å². The smallest absolute Gasteiger partial charge is 0.0538 e. The van der Waals surface area contributed by atoms with E-state index in [2.05, 4.69) is 5.32 Å². The molecule has 2 fully saturated rings. The molecule has 2 aliphatic rings. The Balaban J connectivity index is 1.95. The minimum atomic E-state index is 0.578. The third kappa shape index (κ3) is 0.700. The van der Waals surface area contributed by atoms with Crippen LogP contribution < -0.4 is 5.32 Å². The molecule has 2 rings (SSSR count). The zero-order valence-corrected chi connectivity index (χ0v) is 5.81. The van der Waals surface area contributed by atoms with Crippen LogP contribution in [0.15, 0.2) is 0 Å². The second-order valence-electron chi connectivity index (χ2n) is 3.31. The Morgan fingerprint density at radius 2 is 2.67 bits per heavy atom. The predicted molar refractivity (Wildman–Crippen MR) is 35.3 cm³/mol. The molecule has 2 heteroatoms. The van der Waals surface area contributed by atoms with Crippen LogP contribution in [-0.4, -0.2) is 26.8 Å². The fourth-order valence-electron chi connectivity index (χ4n) is 1.87. The van der Waals surface area contributed by atoms with E-state index >= 15 is 0 Å². The summed E-state index contributed by atoms with van der Waals surface area (Å²) in [4.78, 5) is 0. The molecule has 1 N–H and O–H groups in total. The maximum atomic E-state index is 5.32.